The van der Waals surface area contributed by atoms with Crippen molar-refractivity contribution >= 4 is 17.8 Å². The number of thioether (sulfide) groups is 1. The fourth-order valence-electron chi connectivity index (χ4n) is 1.73. The Kier molecular flexibility index (Phi) is 5.77. The molecule has 0 heterocycles. The minimum absolute atomic E-state index is 0.481. The van der Waals surface area contributed by atoms with Gasteiger partial charge in [-0.25, -0.2) is 0 Å². The van der Waals surface area contributed by atoms with Crippen LogP contribution in [0.25, 0.3) is 16.5 Å². The first kappa shape index (κ1) is 14.3. The molecule has 0 spiro atoms. The largest absolute Gasteiger partial charge is 0.0945 e. The van der Waals surface area contributed by atoms with Crippen LogP contribution in [0.2, 0.25) is 0 Å². The lowest BCUT2D eigenvalue weighted by molar-refractivity contribution is 0.985. The summed E-state index contributed by atoms with van der Waals surface area (Å²) in [6.45, 7) is 0.481. The fourth-order valence-corrected chi connectivity index (χ4v) is 2.72. The van der Waals surface area contributed by atoms with E-state index in [0.29, 0.717) is 6.54 Å². The second-order valence-corrected chi connectivity index (χ2v) is 5.34. The number of rotatable bonds is 6. The number of benzene rings is 2. The topological polar surface area (TPSA) is 48.8 Å². The van der Waals surface area contributed by atoms with Crippen LogP contribution in [0, 0.1) is 0 Å². The molecule has 0 aromatic heterocycles. The molecule has 0 aliphatic heterocycles. The molecule has 0 radical (unpaired) electrons. The normalized spacial score (nSPS) is 10.9. The van der Waals surface area contributed by atoms with Gasteiger partial charge in [0.25, 0.3) is 0 Å². The number of azide groups is 1. The second-order valence-electron chi connectivity index (χ2n) is 4.14. The molecular weight excluding hydrogens is 266 g/mol. The zero-order valence-electron chi connectivity index (χ0n) is 11.0. The Morgan fingerprint density at radius 1 is 1.05 bits per heavy atom. The molecule has 0 aliphatic rings. The van der Waals surface area contributed by atoms with E-state index in [0.717, 1.165) is 12.0 Å². The van der Waals surface area contributed by atoms with Crippen molar-refractivity contribution in [2.45, 2.75) is 11.3 Å². The number of hydrogen-bond acceptors (Lipinski definition) is 2. The Morgan fingerprint density at radius 2 is 1.70 bits per heavy atom. The highest BCUT2D eigenvalue weighted by atomic mass is 32.2. The van der Waals surface area contributed by atoms with Crippen LogP contribution in [-0.2, 0) is 0 Å². The third-order valence-electron chi connectivity index (χ3n) is 2.64. The van der Waals surface area contributed by atoms with Gasteiger partial charge in [0.05, 0.1) is 0 Å². The summed E-state index contributed by atoms with van der Waals surface area (Å²) in [6, 6.07) is 20.4. The Labute approximate surface area is 123 Å². The summed E-state index contributed by atoms with van der Waals surface area (Å²) < 4.78 is 0. The Balaban J connectivity index is 2.16. The smallest absolute Gasteiger partial charge is 0.0303 e. The SMILES string of the molecule is [N-]=[N+]=NCC/C(=C/c1ccccc1)Sc1ccccc1. The molecule has 0 atom stereocenters. The van der Waals surface area contributed by atoms with Gasteiger partial charge in [0.1, 0.15) is 0 Å². The summed E-state index contributed by atoms with van der Waals surface area (Å²) in [4.78, 5) is 5.19. The van der Waals surface area contributed by atoms with Crippen molar-refractivity contribution < 1.29 is 0 Å². The lowest BCUT2D eigenvalue weighted by atomic mass is 10.2. The molecule has 0 bridgehead atoms. The van der Waals surface area contributed by atoms with Gasteiger partial charge < -0.3 is 0 Å². The van der Waals surface area contributed by atoms with Crippen molar-refractivity contribution in [2.24, 2.45) is 5.11 Å². The monoisotopic (exact) mass is 281 g/mol. The number of hydrogen-bond donors (Lipinski definition) is 0. The number of nitrogens with zero attached hydrogens (tertiary/aromatic N) is 3. The van der Waals surface area contributed by atoms with Crippen LogP contribution in [0.5, 0.6) is 0 Å². The first-order valence-electron chi connectivity index (χ1n) is 6.38. The van der Waals surface area contributed by atoms with Crippen molar-refractivity contribution in [1.82, 2.24) is 0 Å². The highest BCUT2D eigenvalue weighted by molar-refractivity contribution is 8.03. The van der Waals surface area contributed by atoms with Gasteiger partial charge >= 0.3 is 0 Å². The molecule has 0 amide bonds. The molecule has 0 saturated heterocycles. The Bertz CT molecular complexity index is 602. The predicted octanol–water partition coefficient (Wildman–Crippen LogP) is 5.52. The quantitative estimate of drug-likeness (QED) is 0.297. The van der Waals surface area contributed by atoms with E-state index in [1.54, 1.807) is 11.8 Å². The van der Waals surface area contributed by atoms with Gasteiger partial charge in [0.15, 0.2) is 0 Å². The average Bonchev–Trinajstić information content (AvgIpc) is 2.49. The van der Waals surface area contributed by atoms with Gasteiger partial charge in [-0.1, -0.05) is 65.4 Å². The molecule has 0 aliphatic carbocycles. The van der Waals surface area contributed by atoms with E-state index in [-0.39, 0.29) is 0 Å². The van der Waals surface area contributed by atoms with Crippen molar-refractivity contribution in [3.63, 3.8) is 0 Å². The molecule has 0 N–H and O–H groups in total. The molecule has 20 heavy (non-hydrogen) atoms. The molecule has 0 fully saturated rings. The highest BCUT2D eigenvalue weighted by Crippen LogP contribution is 2.30. The third kappa shape index (κ3) is 4.84. The second kappa shape index (κ2) is 8.10. The lowest BCUT2D eigenvalue weighted by Crippen LogP contribution is -1.84. The molecular formula is C16H15N3S. The minimum atomic E-state index is 0.481. The lowest BCUT2D eigenvalue weighted by Gasteiger charge is -2.06. The Hall–Kier alpha value is -2.16. The molecule has 2 aromatic rings. The van der Waals surface area contributed by atoms with Crippen molar-refractivity contribution in [3.05, 3.63) is 81.6 Å². The minimum Gasteiger partial charge on any atom is -0.0945 e. The van der Waals surface area contributed by atoms with Crippen LogP contribution < -0.4 is 0 Å². The van der Waals surface area contributed by atoms with Gasteiger partial charge in [-0.05, 0) is 40.6 Å². The van der Waals surface area contributed by atoms with Gasteiger partial charge in [-0.15, -0.1) is 0 Å². The van der Waals surface area contributed by atoms with E-state index >= 15 is 0 Å². The summed E-state index contributed by atoms with van der Waals surface area (Å²) in [7, 11) is 0. The van der Waals surface area contributed by atoms with E-state index in [1.165, 1.54) is 9.80 Å². The first-order chi connectivity index (χ1) is 9.88. The van der Waals surface area contributed by atoms with E-state index in [2.05, 4.69) is 40.4 Å². The standard InChI is InChI=1S/C16H15N3S/c17-19-18-12-11-16(13-14-7-3-1-4-8-14)20-15-9-5-2-6-10-15/h1-10,13H,11-12H2/b16-13-. The van der Waals surface area contributed by atoms with Crippen LogP contribution in [0.15, 0.2) is 75.6 Å². The van der Waals surface area contributed by atoms with Gasteiger partial charge in [0.2, 0.25) is 0 Å². The molecule has 3 nitrogen and oxygen atoms in total. The van der Waals surface area contributed by atoms with Gasteiger partial charge in [0, 0.05) is 16.4 Å². The maximum atomic E-state index is 8.39. The van der Waals surface area contributed by atoms with Crippen LogP contribution in [-0.4, -0.2) is 6.54 Å². The maximum absolute atomic E-state index is 8.39. The molecule has 4 heteroatoms. The molecule has 2 aromatic carbocycles. The van der Waals surface area contributed by atoms with Crippen molar-refractivity contribution in [2.75, 3.05) is 6.54 Å². The Morgan fingerprint density at radius 3 is 2.35 bits per heavy atom. The van der Waals surface area contributed by atoms with Crippen LogP contribution in [0.4, 0.5) is 0 Å². The zero-order chi connectivity index (χ0) is 14.0. The average molecular weight is 281 g/mol. The van der Waals surface area contributed by atoms with Crippen molar-refractivity contribution in [3.8, 4) is 0 Å². The molecule has 0 saturated carbocycles. The summed E-state index contributed by atoms with van der Waals surface area (Å²) in [6.07, 6.45) is 2.89. The summed E-state index contributed by atoms with van der Waals surface area (Å²) in [5.41, 5.74) is 9.55. The summed E-state index contributed by atoms with van der Waals surface area (Å²) >= 11 is 1.71. The van der Waals surface area contributed by atoms with Crippen molar-refractivity contribution in [1.29, 1.82) is 0 Å². The molecule has 2 rings (SSSR count). The summed E-state index contributed by atoms with van der Waals surface area (Å²) in [5, 5.41) is 3.62. The molecule has 100 valence electrons. The van der Waals surface area contributed by atoms with Crippen LogP contribution in [0.1, 0.15) is 12.0 Å². The van der Waals surface area contributed by atoms with E-state index in [4.69, 9.17) is 5.53 Å². The predicted molar refractivity (Wildman–Crippen MR) is 85.3 cm³/mol. The zero-order valence-corrected chi connectivity index (χ0v) is 11.8. The van der Waals surface area contributed by atoms with Crippen LogP contribution in [0.3, 0.4) is 0 Å². The van der Waals surface area contributed by atoms with E-state index in [1.807, 2.05) is 36.4 Å². The highest BCUT2D eigenvalue weighted by Gasteiger charge is 2.01. The van der Waals surface area contributed by atoms with Gasteiger partial charge in [-0.3, -0.25) is 0 Å². The fraction of sp³-hybridized carbons (Fsp3) is 0.125. The summed E-state index contributed by atoms with van der Waals surface area (Å²) in [5.74, 6) is 0. The maximum Gasteiger partial charge on any atom is 0.0303 e. The van der Waals surface area contributed by atoms with Gasteiger partial charge in [-0.2, -0.15) is 0 Å². The first-order valence-corrected chi connectivity index (χ1v) is 7.19. The third-order valence-corrected chi connectivity index (χ3v) is 3.73. The van der Waals surface area contributed by atoms with E-state index < -0.39 is 0 Å². The molecule has 0 unspecified atom stereocenters. The van der Waals surface area contributed by atoms with Crippen LogP contribution >= 0.6 is 11.8 Å². The van der Waals surface area contributed by atoms with E-state index in [9.17, 15) is 0 Å².